The van der Waals surface area contributed by atoms with E-state index in [9.17, 15) is 4.39 Å². The highest BCUT2D eigenvalue weighted by molar-refractivity contribution is 7.18. The van der Waals surface area contributed by atoms with Gasteiger partial charge in [0, 0.05) is 13.0 Å². The molecule has 0 spiro atoms. The molecule has 4 heteroatoms. The minimum Gasteiger partial charge on any atom is -0.377 e. The molecule has 2 aromatic rings. The molecule has 1 atom stereocenters. The first kappa shape index (κ1) is 11.1. The van der Waals surface area contributed by atoms with E-state index in [0.29, 0.717) is 11.4 Å². The Morgan fingerprint density at radius 3 is 2.88 bits per heavy atom. The summed E-state index contributed by atoms with van der Waals surface area (Å²) in [6, 6.07) is 3.53. The van der Waals surface area contributed by atoms with Gasteiger partial charge in [0.2, 0.25) is 0 Å². The van der Waals surface area contributed by atoms with Crippen LogP contribution in [0.3, 0.4) is 0 Å². The Hall–Kier alpha value is -1.00. The second kappa shape index (κ2) is 4.03. The maximum atomic E-state index is 13.9. The quantitative estimate of drug-likeness (QED) is 0.822. The molecule has 2 nitrogen and oxygen atoms in total. The summed E-state index contributed by atoms with van der Waals surface area (Å²) in [5, 5.41) is 1.08. The van der Waals surface area contributed by atoms with E-state index in [1.165, 1.54) is 18.9 Å². The second-order valence-electron chi connectivity index (χ2n) is 4.55. The van der Waals surface area contributed by atoms with Crippen molar-refractivity contribution >= 4 is 21.6 Å². The number of methoxy groups -OCH3 is 1. The molecule has 0 N–H and O–H groups in total. The Balaban J connectivity index is 2.11. The van der Waals surface area contributed by atoms with Gasteiger partial charge in [-0.25, -0.2) is 9.37 Å². The third-order valence-corrected chi connectivity index (χ3v) is 4.40. The van der Waals surface area contributed by atoms with Crippen molar-refractivity contribution in [3.8, 4) is 0 Å². The Bertz CT molecular complexity index is 562. The van der Waals surface area contributed by atoms with E-state index in [4.69, 9.17) is 4.74 Å². The Morgan fingerprint density at radius 2 is 2.24 bits per heavy atom. The number of aromatic nitrogens is 1. The number of nitrogens with zero attached hydrogens (tertiary/aromatic N) is 1. The fourth-order valence-corrected chi connectivity index (χ4v) is 3.10. The minimum atomic E-state index is -0.232. The third-order valence-electron chi connectivity index (χ3n) is 3.24. The lowest BCUT2D eigenvalue weighted by atomic mass is 10.1. The van der Waals surface area contributed by atoms with Gasteiger partial charge in [-0.15, -0.1) is 11.3 Å². The molecule has 1 fully saturated rings. The zero-order valence-corrected chi connectivity index (χ0v) is 10.7. The van der Waals surface area contributed by atoms with Gasteiger partial charge in [-0.05, 0) is 37.5 Å². The average Bonchev–Trinajstić information content (AvgIpc) is 3.08. The zero-order chi connectivity index (χ0) is 12.0. The summed E-state index contributed by atoms with van der Waals surface area (Å²) in [5.41, 5.74) is 1.40. The lowest BCUT2D eigenvalue weighted by molar-refractivity contribution is 0.119. The van der Waals surface area contributed by atoms with Crippen LogP contribution in [-0.4, -0.2) is 12.1 Å². The van der Waals surface area contributed by atoms with Crippen molar-refractivity contribution in [3.05, 3.63) is 28.5 Å². The van der Waals surface area contributed by atoms with Gasteiger partial charge in [-0.1, -0.05) is 0 Å². The fraction of sp³-hybridized carbons (Fsp3) is 0.462. The van der Waals surface area contributed by atoms with Crippen molar-refractivity contribution in [1.29, 1.82) is 0 Å². The van der Waals surface area contributed by atoms with Crippen LogP contribution < -0.4 is 0 Å². The first-order valence-electron chi connectivity index (χ1n) is 5.81. The van der Waals surface area contributed by atoms with Gasteiger partial charge in [0.15, 0.2) is 5.82 Å². The molecule has 1 aliphatic rings. The number of hydrogen-bond donors (Lipinski definition) is 0. The van der Waals surface area contributed by atoms with Crippen molar-refractivity contribution < 1.29 is 9.13 Å². The summed E-state index contributed by atoms with van der Waals surface area (Å²) in [4.78, 5) is 4.40. The molecule has 0 aliphatic heterocycles. The third kappa shape index (κ3) is 1.96. The average molecular weight is 251 g/mol. The second-order valence-corrected chi connectivity index (χ2v) is 5.62. The van der Waals surface area contributed by atoms with Gasteiger partial charge in [0.25, 0.3) is 0 Å². The van der Waals surface area contributed by atoms with E-state index in [0.717, 1.165) is 15.3 Å². The molecule has 1 heterocycles. The van der Waals surface area contributed by atoms with Crippen LogP contribution in [0.15, 0.2) is 12.1 Å². The smallest absolute Gasteiger partial charge is 0.150 e. The summed E-state index contributed by atoms with van der Waals surface area (Å²) >= 11 is 1.62. The number of ether oxygens (including phenoxy) is 1. The van der Waals surface area contributed by atoms with Crippen LogP contribution in [0.4, 0.5) is 4.39 Å². The van der Waals surface area contributed by atoms with Crippen LogP contribution >= 0.6 is 11.3 Å². The van der Waals surface area contributed by atoms with Crippen LogP contribution in [0.2, 0.25) is 0 Å². The maximum Gasteiger partial charge on any atom is 0.150 e. The first-order valence-corrected chi connectivity index (χ1v) is 6.63. The van der Waals surface area contributed by atoms with Crippen molar-refractivity contribution in [2.45, 2.75) is 31.8 Å². The van der Waals surface area contributed by atoms with E-state index in [1.54, 1.807) is 18.4 Å². The standard InChI is InChI=1S/C13H14FNOS/c1-7(16-2)9-5-10(14)12-11(6-9)17-13(15-12)8-3-4-8/h5-8H,3-4H2,1-2H3. The van der Waals surface area contributed by atoms with Crippen molar-refractivity contribution in [2.75, 3.05) is 7.11 Å². The highest BCUT2D eigenvalue weighted by atomic mass is 32.1. The number of halogens is 1. The van der Waals surface area contributed by atoms with Crippen LogP contribution in [0.25, 0.3) is 10.2 Å². The van der Waals surface area contributed by atoms with Gasteiger partial charge in [-0.3, -0.25) is 0 Å². The lowest BCUT2D eigenvalue weighted by Crippen LogP contribution is -1.96. The Labute approximate surface area is 103 Å². The normalized spacial score (nSPS) is 17.6. The van der Waals surface area contributed by atoms with Crippen molar-refractivity contribution in [3.63, 3.8) is 0 Å². The van der Waals surface area contributed by atoms with Crippen molar-refractivity contribution in [1.82, 2.24) is 4.98 Å². The van der Waals surface area contributed by atoms with Gasteiger partial charge in [-0.2, -0.15) is 0 Å². The SMILES string of the molecule is COC(C)c1cc(F)c2nc(C3CC3)sc2c1. The number of hydrogen-bond acceptors (Lipinski definition) is 3. The monoisotopic (exact) mass is 251 g/mol. The molecule has 3 rings (SSSR count). The summed E-state index contributed by atoms with van der Waals surface area (Å²) < 4.78 is 20.1. The van der Waals surface area contributed by atoms with Gasteiger partial charge < -0.3 is 4.74 Å². The molecule has 17 heavy (non-hydrogen) atoms. The zero-order valence-electron chi connectivity index (χ0n) is 9.87. The van der Waals surface area contributed by atoms with Crippen molar-refractivity contribution in [2.24, 2.45) is 0 Å². The van der Waals surface area contributed by atoms with E-state index < -0.39 is 0 Å². The van der Waals surface area contributed by atoms with Gasteiger partial charge >= 0.3 is 0 Å². The van der Waals surface area contributed by atoms with Crippen LogP contribution in [0, 0.1) is 5.82 Å². The van der Waals surface area contributed by atoms with E-state index in [-0.39, 0.29) is 11.9 Å². The molecular weight excluding hydrogens is 237 g/mol. The number of benzene rings is 1. The minimum absolute atomic E-state index is 0.0830. The van der Waals surface area contributed by atoms with Crippen LogP contribution in [0.5, 0.6) is 0 Å². The predicted molar refractivity (Wildman–Crippen MR) is 67.0 cm³/mol. The highest BCUT2D eigenvalue weighted by Gasteiger charge is 2.27. The highest BCUT2D eigenvalue weighted by Crippen LogP contribution is 2.43. The summed E-state index contributed by atoms with van der Waals surface area (Å²) in [7, 11) is 1.63. The van der Waals surface area contributed by atoms with E-state index >= 15 is 0 Å². The molecule has 1 aromatic heterocycles. The predicted octanol–water partition coefficient (Wildman–Crippen LogP) is 4.02. The number of rotatable bonds is 3. The van der Waals surface area contributed by atoms with E-state index in [2.05, 4.69) is 4.98 Å². The molecule has 0 saturated heterocycles. The molecular formula is C13H14FNOS. The first-order chi connectivity index (χ1) is 8.19. The molecule has 1 aliphatic carbocycles. The van der Waals surface area contributed by atoms with E-state index in [1.807, 2.05) is 13.0 Å². The Kier molecular flexibility index (Phi) is 2.64. The summed E-state index contributed by atoms with van der Waals surface area (Å²) in [6.07, 6.45) is 2.31. The molecule has 1 unspecified atom stereocenters. The summed E-state index contributed by atoms with van der Waals surface area (Å²) in [6.45, 7) is 1.92. The van der Waals surface area contributed by atoms with Gasteiger partial charge in [0.1, 0.15) is 5.52 Å². The summed E-state index contributed by atoms with van der Waals surface area (Å²) in [5.74, 6) is 0.347. The molecule has 1 aromatic carbocycles. The molecule has 1 saturated carbocycles. The Morgan fingerprint density at radius 1 is 1.47 bits per heavy atom. The lowest BCUT2D eigenvalue weighted by Gasteiger charge is -2.09. The molecule has 0 bridgehead atoms. The largest absolute Gasteiger partial charge is 0.377 e. The van der Waals surface area contributed by atoms with Crippen LogP contribution in [-0.2, 0) is 4.74 Å². The van der Waals surface area contributed by atoms with Gasteiger partial charge in [0.05, 0.1) is 15.8 Å². The van der Waals surface area contributed by atoms with Crippen LogP contribution in [0.1, 0.15) is 42.4 Å². The molecule has 90 valence electrons. The number of thiazole rings is 1. The number of fused-ring (bicyclic) bond motifs is 1. The fourth-order valence-electron chi connectivity index (χ4n) is 1.90. The maximum absolute atomic E-state index is 13.9. The molecule has 0 amide bonds. The molecule has 0 radical (unpaired) electrons. The topological polar surface area (TPSA) is 22.1 Å².